The fourth-order valence-corrected chi connectivity index (χ4v) is 6.10. The van der Waals surface area contributed by atoms with Crippen molar-refractivity contribution < 1.29 is 18.3 Å². The van der Waals surface area contributed by atoms with Crippen LogP contribution in [0.15, 0.2) is 34.9 Å². The molecule has 0 aliphatic heterocycles. The van der Waals surface area contributed by atoms with Gasteiger partial charge in [0.15, 0.2) is 0 Å². The normalized spacial score (nSPS) is 22.6. The van der Waals surface area contributed by atoms with Gasteiger partial charge in [0.05, 0.1) is 39.6 Å². The predicted octanol–water partition coefficient (Wildman–Crippen LogP) is 4.96. The van der Waals surface area contributed by atoms with Gasteiger partial charge in [0.2, 0.25) is 5.82 Å². The van der Waals surface area contributed by atoms with Gasteiger partial charge in [0.1, 0.15) is 11.6 Å². The number of carbonyl (C=O) groups excluding carboxylic acids is 1. The van der Waals surface area contributed by atoms with Crippen LogP contribution in [0.5, 0.6) is 0 Å². The first-order valence-electron chi connectivity index (χ1n) is 10.2. The number of methoxy groups -OCH3 is 1. The Morgan fingerprint density at radius 3 is 2.59 bits per heavy atom. The highest BCUT2D eigenvalue weighted by atomic mass is 79.9. The second-order valence-electron chi connectivity index (χ2n) is 8.73. The number of benzene rings is 1. The molecule has 0 spiro atoms. The molecule has 9 heteroatoms. The number of hydrogen-bond acceptors (Lipinski definition) is 6. The molecule has 0 radical (unpaired) electrons. The molecule has 1 fully saturated rings. The maximum Gasteiger partial charge on any atom is 0.376 e. The summed E-state index contributed by atoms with van der Waals surface area (Å²) in [7, 11) is 1.28. The van der Waals surface area contributed by atoms with E-state index in [9.17, 15) is 13.6 Å². The second kappa shape index (κ2) is 7.10. The zero-order valence-corrected chi connectivity index (χ0v) is 19.2. The van der Waals surface area contributed by atoms with Crippen LogP contribution in [0, 0.1) is 17.0 Å². The lowest BCUT2D eigenvalue weighted by molar-refractivity contribution is 0.0585. The smallest absolute Gasteiger partial charge is 0.376 e. The molecule has 1 aromatic carbocycles. The van der Waals surface area contributed by atoms with E-state index in [1.807, 2.05) is 0 Å². The van der Waals surface area contributed by atoms with Crippen LogP contribution in [0.2, 0.25) is 0 Å². The second-order valence-corrected chi connectivity index (χ2v) is 9.58. The van der Waals surface area contributed by atoms with E-state index in [2.05, 4.69) is 49.9 Å². The van der Waals surface area contributed by atoms with Gasteiger partial charge in [-0.3, -0.25) is 0 Å². The highest BCUT2D eigenvalue weighted by Gasteiger charge is 2.65. The van der Waals surface area contributed by atoms with E-state index in [4.69, 9.17) is 4.74 Å². The number of aromatic nitrogens is 4. The Morgan fingerprint density at radius 2 is 1.91 bits per heavy atom. The maximum atomic E-state index is 14.4. The van der Waals surface area contributed by atoms with Crippen LogP contribution in [0.3, 0.4) is 0 Å². The van der Waals surface area contributed by atoms with Crippen LogP contribution in [-0.2, 0) is 10.2 Å². The summed E-state index contributed by atoms with van der Waals surface area (Å²) in [5.74, 6) is -1.94. The first kappa shape index (κ1) is 21.1. The van der Waals surface area contributed by atoms with Gasteiger partial charge in [-0.25, -0.2) is 23.5 Å². The average Bonchev–Trinajstić information content (AvgIpc) is 3.14. The van der Waals surface area contributed by atoms with E-state index in [1.54, 1.807) is 12.3 Å². The lowest BCUT2D eigenvalue weighted by atomic mass is 9.66. The number of nitrogens with zero attached hydrogens (tertiary/aromatic N) is 4. The Kier molecular flexibility index (Phi) is 4.67. The van der Waals surface area contributed by atoms with Crippen molar-refractivity contribution in [2.24, 2.45) is 5.41 Å². The quantitative estimate of drug-likeness (QED) is 0.472. The van der Waals surface area contributed by atoms with E-state index in [0.29, 0.717) is 10.2 Å². The van der Waals surface area contributed by atoms with Gasteiger partial charge < -0.3 is 4.74 Å². The highest BCUT2D eigenvalue weighted by molar-refractivity contribution is 9.10. The van der Waals surface area contributed by atoms with Gasteiger partial charge in [-0.15, -0.1) is 5.10 Å². The molecular weight excluding hydrogens is 482 g/mol. The summed E-state index contributed by atoms with van der Waals surface area (Å²) >= 11 is 3.56. The van der Waals surface area contributed by atoms with Crippen LogP contribution >= 0.6 is 15.9 Å². The van der Waals surface area contributed by atoms with Crippen molar-refractivity contribution in [3.05, 3.63) is 69.3 Å². The van der Waals surface area contributed by atoms with Crippen LogP contribution in [0.4, 0.5) is 8.78 Å². The minimum Gasteiger partial charge on any atom is -0.463 e. The van der Waals surface area contributed by atoms with Crippen molar-refractivity contribution >= 4 is 21.9 Å². The molecule has 0 amide bonds. The van der Waals surface area contributed by atoms with Gasteiger partial charge in [0.25, 0.3) is 0 Å². The van der Waals surface area contributed by atoms with Crippen LogP contribution in [0.25, 0.3) is 11.3 Å². The zero-order chi connectivity index (χ0) is 22.8. The number of fused-ring (bicyclic) bond motifs is 5. The van der Waals surface area contributed by atoms with Crippen molar-refractivity contribution in [3.8, 4) is 11.3 Å². The van der Waals surface area contributed by atoms with Crippen molar-refractivity contribution in [1.29, 1.82) is 0 Å². The molecule has 164 valence electrons. The van der Waals surface area contributed by atoms with Gasteiger partial charge in [-0.1, -0.05) is 19.9 Å². The van der Waals surface area contributed by atoms with Crippen molar-refractivity contribution in [1.82, 2.24) is 20.2 Å². The first-order valence-corrected chi connectivity index (χ1v) is 11.0. The summed E-state index contributed by atoms with van der Waals surface area (Å²) in [6.07, 6.45) is 3.13. The van der Waals surface area contributed by atoms with E-state index in [-0.39, 0.29) is 28.4 Å². The van der Waals surface area contributed by atoms with Crippen LogP contribution in [-0.4, -0.2) is 33.2 Å². The number of carbonyl (C=O) groups is 1. The molecule has 5 rings (SSSR count). The molecule has 1 unspecified atom stereocenters. The highest BCUT2D eigenvalue weighted by Crippen LogP contribution is 2.70. The van der Waals surface area contributed by atoms with Crippen LogP contribution in [0.1, 0.15) is 60.2 Å². The standard InChI is InChI=1S/C23H19BrF2N4O2/c1-22(2)12-7-8-23(22,19-13(24)10-27-20(28-19)21(31)32-3)18-11(12)9-16(29-30-18)17-14(25)5-4-6-15(17)26/h4-6,9-10,12H,7-8H2,1-3H3/t12-,23?/m0/s1. The number of rotatable bonds is 3. The number of esters is 1. The maximum absolute atomic E-state index is 14.4. The van der Waals surface area contributed by atoms with E-state index in [0.717, 1.165) is 24.1 Å². The fourth-order valence-electron chi connectivity index (χ4n) is 5.57. The van der Waals surface area contributed by atoms with Gasteiger partial charge >= 0.3 is 5.97 Å². The molecule has 6 nitrogen and oxygen atoms in total. The molecule has 2 bridgehead atoms. The van der Waals surface area contributed by atoms with Crippen molar-refractivity contribution in [3.63, 3.8) is 0 Å². The molecule has 2 heterocycles. The van der Waals surface area contributed by atoms with Crippen LogP contribution < -0.4 is 0 Å². The molecule has 32 heavy (non-hydrogen) atoms. The van der Waals surface area contributed by atoms with Gasteiger partial charge in [-0.2, -0.15) is 5.10 Å². The molecule has 2 aliphatic rings. The Labute approximate surface area is 191 Å². The first-order chi connectivity index (χ1) is 15.2. The molecule has 2 aromatic heterocycles. The SMILES string of the molecule is COC(=O)c1ncc(Br)c(C23CC[C@@H](c4cc(-c5c(F)cccc5F)nnc42)C3(C)C)n1. The third-order valence-corrected chi connectivity index (χ3v) is 7.70. The zero-order valence-electron chi connectivity index (χ0n) is 17.6. The summed E-state index contributed by atoms with van der Waals surface area (Å²) in [5.41, 5.74) is 1.26. The van der Waals surface area contributed by atoms with E-state index in [1.165, 1.54) is 25.3 Å². The fraction of sp³-hybridized carbons (Fsp3) is 0.348. The number of halogens is 3. The minimum absolute atomic E-state index is 0.0363. The summed E-state index contributed by atoms with van der Waals surface area (Å²) in [6, 6.07) is 5.47. The Hall–Kier alpha value is -2.81. The third-order valence-electron chi connectivity index (χ3n) is 7.12. The van der Waals surface area contributed by atoms with Crippen molar-refractivity contribution in [2.75, 3.05) is 7.11 Å². The summed E-state index contributed by atoms with van der Waals surface area (Å²) in [4.78, 5) is 20.8. The molecule has 2 aliphatic carbocycles. The number of ether oxygens (including phenoxy) is 1. The average molecular weight is 501 g/mol. The lowest BCUT2D eigenvalue weighted by Crippen LogP contribution is -2.38. The van der Waals surface area contributed by atoms with E-state index >= 15 is 0 Å². The minimum atomic E-state index is -0.683. The van der Waals surface area contributed by atoms with E-state index < -0.39 is 23.0 Å². The Morgan fingerprint density at radius 1 is 1.19 bits per heavy atom. The monoisotopic (exact) mass is 500 g/mol. The summed E-state index contributed by atoms with van der Waals surface area (Å²) in [5, 5.41) is 8.72. The Bertz CT molecular complexity index is 1260. The molecule has 3 aromatic rings. The molecule has 2 atom stereocenters. The Balaban J connectivity index is 1.73. The molecule has 0 N–H and O–H groups in total. The summed E-state index contributed by atoms with van der Waals surface area (Å²) in [6.45, 7) is 4.25. The lowest BCUT2D eigenvalue weighted by Gasteiger charge is -2.37. The largest absolute Gasteiger partial charge is 0.463 e. The van der Waals surface area contributed by atoms with Gasteiger partial charge in [0, 0.05) is 6.20 Å². The van der Waals surface area contributed by atoms with Gasteiger partial charge in [-0.05, 0) is 63.9 Å². The topological polar surface area (TPSA) is 77.9 Å². The molecule has 1 saturated carbocycles. The predicted molar refractivity (Wildman–Crippen MR) is 115 cm³/mol. The number of hydrogen-bond donors (Lipinski definition) is 0. The molecule has 0 saturated heterocycles. The third kappa shape index (κ3) is 2.63. The van der Waals surface area contributed by atoms with Crippen molar-refractivity contribution in [2.45, 2.75) is 38.0 Å². The molecular formula is C23H19BrF2N4O2. The summed E-state index contributed by atoms with van der Waals surface area (Å²) < 4.78 is 34.3.